The Morgan fingerprint density at radius 2 is 1.48 bits per heavy atom. The Hall–Kier alpha value is -2.95. The molecule has 3 rings (SSSR count). The molecule has 31 heavy (non-hydrogen) atoms. The number of ether oxygens (including phenoxy) is 1. The lowest BCUT2D eigenvalue weighted by Gasteiger charge is -2.37. The highest BCUT2D eigenvalue weighted by molar-refractivity contribution is 6.38. The van der Waals surface area contributed by atoms with Crippen molar-refractivity contribution < 1.29 is 19.1 Å². The fourth-order valence-corrected chi connectivity index (χ4v) is 4.35. The summed E-state index contributed by atoms with van der Waals surface area (Å²) in [4.78, 5) is 41.0. The second-order valence-corrected chi connectivity index (χ2v) is 9.10. The SMILES string of the molecule is CCCOC(=O)[C@H]1N(C(=O)C(=O)C(C)(C)C)CCC1(c1ccccc1)c1ccccc1. The summed E-state index contributed by atoms with van der Waals surface area (Å²) in [6.07, 6.45) is 1.20. The summed E-state index contributed by atoms with van der Waals surface area (Å²) < 4.78 is 5.58. The van der Waals surface area contributed by atoms with Crippen LogP contribution in [0.1, 0.15) is 51.7 Å². The van der Waals surface area contributed by atoms with E-state index in [2.05, 4.69) is 0 Å². The average molecular weight is 422 g/mol. The van der Waals surface area contributed by atoms with Gasteiger partial charge >= 0.3 is 5.97 Å². The van der Waals surface area contributed by atoms with Gasteiger partial charge in [-0.1, -0.05) is 88.4 Å². The molecule has 0 unspecified atom stereocenters. The highest BCUT2D eigenvalue weighted by Crippen LogP contribution is 2.46. The Bertz CT molecular complexity index is 891. The molecular formula is C26H31NO4. The van der Waals surface area contributed by atoms with E-state index in [0.717, 1.165) is 11.1 Å². The molecule has 164 valence electrons. The fourth-order valence-electron chi connectivity index (χ4n) is 4.35. The first-order valence-corrected chi connectivity index (χ1v) is 10.9. The van der Waals surface area contributed by atoms with Gasteiger partial charge in [-0.15, -0.1) is 0 Å². The van der Waals surface area contributed by atoms with Gasteiger partial charge in [0.1, 0.15) is 6.04 Å². The first-order chi connectivity index (χ1) is 14.7. The largest absolute Gasteiger partial charge is 0.464 e. The van der Waals surface area contributed by atoms with Gasteiger partial charge in [0.15, 0.2) is 0 Å². The van der Waals surface area contributed by atoms with Crippen LogP contribution < -0.4 is 0 Å². The number of ketones is 1. The highest BCUT2D eigenvalue weighted by Gasteiger charge is 2.56. The van der Waals surface area contributed by atoms with Crippen LogP contribution in [-0.2, 0) is 24.5 Å². The van der Waals surface area contributed by atoms with Crippen molar-refractivity contribution in [2.45, 2.75) is 52.0 Å². The standard InChI is InChI=1S/C26H31NO4/c1-5-18-31-24(30)21-26(19-12-8-6-9-13-19,20-14-10-7-11-15-20)16-17-27(21)23(29)22(28)25(2,3)4/h6-15,21H,5,16-18H2,1-4H3/t21-/m1/s1. The van der Waals surface area contributed by atoms with Gasteiger partial charge in [0.2, 0.25) is 5.78 Å². The summed E-state index contributed by atoms with van der Waals surface area (Å²) >= 11 is 0. The van der Waals surface area contributed by atoms with Crippen LogP contribution >= 0.6 is 0 Å². The van der Waals surface area contributed by atoms with Crippen LogP contribution in [-0.4, -0.2) is 41.8 Å². The molecule has 5 nitrogen and oxygen atoms in total. The average Bonchev–Trinajstić information content (AvgIpc) is 3.18. The Morgan fingerprint density at radius 3 is 1.94 bits per heavy atom. The van der Waals surface area contributed by atoms with Crippen LogP contribution in [0, 0.1) is 5.41 Å². The van der Waals surface area contributed by atoms with Gasteiger partial charge in [0.25, 0.3) is 5.91 Å². The highest BCUT2D eigenvalue weighted by atomic mass is 16.5. The van der Waals surface area contributed by atoms with Crippen molar-refractivity contribution >= 4 is 17.7 Å². The smallest absolute Gasteiger partial charge is 0.330 e. The zero-order valence-corrected chi connectivity index (χ0v) is 18.8. The van der Waals surface area contributed by atoms with Crippen LogP contribution in [0.2, 0.25) is 0 Å². The number of Topliss-reactive ketones (excluding diaryl/α,β-unsaturated/α-hetero) is 1. The molecule has 0 N–H and O–H groups in total. The number of carbonyl (C=O) groups excluding carboxylic acids is 3. The Kier molecular flexibility index (Phi) is 6.63. The van der Waals surface area contributed by atoms with Crippen molar-refractivity contribution in [2.75, 3.05) is 13.2 Å². The molecule has 0 aliphatic carbocycles. The van der Waals surface area contributed by atoms with Crippen molar-refractivity contribution in [3.05, 3.63) is 71.8 Å². The molecule has 1 amide bonds. The van der Waals surface area contributed by atoms with Gasteiger partial charge in [-0.3, -0.25) is 9.59 Å². The van der Waals surface area contributed by atoms with Crippen LogP contribution in [0.5, 0.6) is 0 Å². The summed E-state index contributed by atoms with van der Waals surface area (Å²) in [5, 5.41) is 0. The number of likely N-dealkylation sites (tertiary alicyclic amines) is 1. The number of amides is 1. The first-order valence-electron chi connectivity index (χ1n) is 10.9. The molecule has 0 radical (unpaired) electrons. The summed E-state index contributed by atoms with van der Waals surface area (Å²) in [6, 6.07) is 18.6. The van der Waals surface area contributed by atoms with Crippen molar-refractivity contribution in [3.63, 3.8) is 0 Å². The summed E-state index contributed by atoms with van der Waals surface area (Å²) in [5.41, 5.74) is 0.234. The normalized spacial score (nSPS) is 17.9. The third-order valence-corrected chi connectivity index (χ3v) is 5.91. The van der Waals surface area contributed by atoms with Crippen molar-refractivity contribution in [1.82, 2.24) is 4.90 Å². The maximum absolute atomic E-state index is 13.4. The van der Waals surface area contributed by atoms with E-state index < -0.39 is 34.5 Å². The summed E-state index contributed by atoms with van der Waals surface area (Å²) in [5.74, 6) is -1.60. The van der Waals surface area contributed by atoms with Crippen molar-refractivity contribution in [2.24, 2.45) is 5.41 Å². The Balaban J connectivity index is 2.18. The van der Waals surface area contributed by atoms with Crippen molar-refractivity contribution in [3.8, 4) is 0 Å². The van der Waals surface area contributed by atoms with E-state index in [1.165, 1.54) is 4.90 Å². The first kappa shape index (κ1) is 22.7. The zero-order valence-electron chi connectivity index (χ0n) is 18.8. The predicted molar refractivity (Wildman–Crippen MR) is 119 cm³/mol. The van der Waals surface area contributed by atoms with E-state index >= 15 is 0 Å². The summed E-state index contributed by atoms with van der Waals surface area (Å²) in [6.45, 7) is 7.65. The molecule has 0 spiro atoms. The van der Waals surface area contributed by atoms with Crippen LogP contribution in [0.4, 0.5) is 0 Å². The molecule has 1 heterocycles. The molecule has 0 aromatic heterocycles. The van der Waals surface area contributed by atoms with Crippen LogP contribution in [0.15, 0.2) is 60.7 Å². The molecule has 2 aromatic carbocycles. The molecule has 1 atom stereocenters. The molecule has 0 saturated carbocycles. The Morgan fingerprint density at radius 1 is 0.968 bits per heavy atom. The number of carbonyl (C=O) groups is 3. The van der Waals surface area contributed by atoms with Gasteiger partial charge in [-0.25, -0.2) is 4.79 Å². The monoisotopic (exact) mass is 421 g/mol. The van der Waals surface area contributed by atoms with E-state index in [4.69, 9.17) is 4.74 Å². The van der Waals surface area contributed by atoms with E-state index in [-0.39, 0.29) is 6.61 Å². The fraction of sp³-hybridized carbons (Fsp3) is 0.423. The minimum atomic E-state index is -0.914. The molecule has 1 aliphatic heterocycles. The lowest BCUT2D eigenvalue weighted by molar-refractivity contribution is -0.158. The number of nitrogens with zero attached hydrogens (tertiary/aromatic N) is 1. The van der Waals surface area contributed by atoms with E-state index in [9.17, 15) is 14.4 Å². The third-order valence-electron chi connectivity index (χ3n) is 5.91. The number of rotatable bonds is 6. The van der Waals surface area contributed by atoms with Gasteiger partial charge < -0.3 is 9.64 Å². The van der Waals surface area contributed by atoms with Gasteiger partial charge in [-0.2, -0.15) is 0 Å². The quantitative estimate of drug-likeness (QED) is 0.519. The number of hydrogen-bond donors (Lipinski definition) is 0. The summed E-state index contributed by atoms with van der Waals surface area (Å²) in [7, 11) is 0. The number of benzene rings is 2. The van der Waals surface area contributed by atoms with E-state index in [1.54, 1.807) is 20.8 Å². The second-order valence-electron chi connectivity index (χ2n) is 9.10. The number of hydrogen-bond acceptors (Lipinski definition) is 4. The van der Waals surface area contributed by atoms with E-state index in [1.807, 2.05) is 67.6 Å². The minimum Gasteiger partial charge on any atom is -0.464 e. The maximum Gasteiger partial charge on any atom is 0.330 e. The molecule has 1 fully saturated rings. The minimum absolute atomic E-state index is 0.268. The molecule has 2 aromatic rings. The van der Waals surface area contributed by atoms with Gasteiger partial charge in [0.05, 0.1) is 12.0 Å². The zero-order chi connectivity index (χ0) is 22.6. The second kappa shape index (κ2) is 9.04. The van der Waals surface area contributed by atoms with Crippen LogP contribution in [0.3, 0.4) is 0 Å². The molecule has 5 heteroatoms. The van der Waals surface area contributed by atoms with Crippen LogP contribution in [0.25, 0.3) is 0 Å². The lowest BCUT2D eigenvalue weighted by atomic mass is 9.69. The Labute approximate surface area is 184 Å². The molecular weight excluding hydrogens is 390 g/mol. The third kappa shape index (κ3) is 4.27. The maximum atomic E-state index is 13.4. The topological polar surface area (TPSA) is 63.7 Å². The molecule has 0 bridgehead atoms. The van der Waals surface area contributed by atoms with E-state index in [0.29, 0.717) is 19.4 Å². The van der Waals surface area contributed by atoms with Gasteiger partial charge in [-0.05, 0) is 24.0 Å². The number of esters is 1. The lowest BCUT2D eigenvalue weighted by Crippen LogP contribution is -2.54. The molecule has 1 saturated heterocycles. The molecule has 1 aliphatic rings. The van der Waals surface area contributed by atoms with Crippen molar-refractivity contribution in [1.29, 1.82) is 0 Å². The van der Waals surface area contributed by atoms with Gasteiger partial charge in [0, 0.05) is 12.0 Å². The predicted octanol–water partition coefficient (Wildman–Crippen LogP) is 4.14.